The van der Waals surface area contributed by atoms with Crippen molar-refractivity contribution < 1.29 is 9.53 Å². The number of carbonyl (C=O) groups is 1. The second-order valence-corrected chi connectivity index (χ2v) is 7.56. The summed E-state index contributed by atoms with van der Waals surface area (Å²) in [7, 11) is 1.89. The van der Waals surface area contributed by atoms with Gasteiger partial charge in [0, 0.05) is 37.8 Å². The van der Waals surface area contributed by atoms with E-state index in [9.17, 15) is 4.79 Å². The van der Waals surface area contributed by atoms with Crippen molar-refractivity contribution in [3.8, 4) is 0 Å². The molecule has 1 aliphatic heterocycles. The maximum absolute atomic E-state index is 12.5. The summed E-state index contributed by atoms with van der Waals surface area (Å²) in [5, 5.41) is 3.62. The van der Waals surface area contributed by atoms with Crippen LogP contribution in [0.5, 0.6) is 0 Å². The summed E-state index contributed by atoms with van der Waals surface area (Å²) in [6.45, 7) is 12.1. The zero-order valence-corrected chi connectivity index (χ0v) is 15.6. The number of hydrogen-bond donors (Lipinski definition) is 1. The van der Waals surface area contributed by atoms with Crippen molar-refractivity contribution in [2.45, 2.75) is 77.0 Å². The average molecular weight is 325 g/mol. The smallest absolute Gasteiger partial charge is 0.239 e. The third kappa shape index (κ3) is 4.06. The molecule has 2 atom stereocenters. The lowest BCUT2D eigenvalue weighted by atomic mass is 9.86. The molecular weight excluding hydrogens is 290 g/mol. The van der Waals surface area contributed by atoms with E-state index in [4.69, 9.17) is 4.74 Å². The summed E-state index contributed by atoms with van der Waals surface area (Å²) >= 11 is 0. The molecule has 1 N–H and O–H groups in total. The SMILES string of the molecule is CC(NC(C)C1(N2CCOCC2)CCCC1)C(=O)N(C)C(C)C. The van der Waals surface area contributed by atoms with Gasteiger partial charge in [0.15, 0.2) is 0 Å². The van der Waals surface area contributed by atoms with Crippen molar-refractivity contribution in [1.29, 1.82) is 0 Å². The van der Waals surface area contributed by atoms with Gasteiger partial charge < -0.3 is 15.0 Å². The maximum Gasteiger partial charge on any atom is 0.239 e. The average Bonchev–Trinajstić information content (AvgIpc) is 3.05. The van der Waals surface area contributed by atoms with Gasteiger partial charge in [-0.1, -0.05) is 12.8 Å². The van der Waals surface area contributed by atoms with Crippen molar-refractivity contribution in [2.75, 3.05) is 33.4 Å². The van der Waals surface area contributed by atoms with Gasteiger partial charge in [-0.15, -0.1) is 0 Å². The molecule has 1 saturated heterocycles. The van der Waals surface area contributed by atoms with Gasteiger partial charge in [0.05, 0.1) is 19.3 Å². The highest BCUT2D eigenvalue weighted by atomic mass is 16.5. The van der Waals surface area contributed by atoms with Crippen LogP contribution in [0, 0.1) is 0 Å². The molecule has 0 spiro atoms. The van der Waals surface area contributed by atoms with E-state index in [2.05, 4.69) is 31.0 Å². The number of rotatable bonds is 6. The Morgan fingerprint density at radius 2 is 1.70 bits per heavy atom. The quantitative estimate of drug-likeness (QED) is 0.810. The second-order valence-electron chi connectivity index (χ2n) is 7.56. The number of carbonyl (C=O) groups excluding carboxylic acids is 1. The first-order valence-electron chi connectivity index (χ1n) is 9.24. The van der Waals surface area contributed by atoms with Gasteiger partial charge in [-0.25, -0.2) is 0 Å². The van der Waals surface area contributed by atoms with E-state index < -0.39 is 0 Å². The Morgan fingerprint density at radius 3 is 2.22 bits per heavy atom. The predicted molar refractivity (Wildman–Crippen MR) is 93.6 cm³/mol. The van der Waals surface area contributed by atoms with Crippen LogP contribution in [0.2, 0.25) is 0 Å². The van der Waals surface area contributed by atoms with E-state index in [-0.39, 0.29) is 23.5 Å². The standard InChI is InChI=1S/C18H35N3O2/c1-14(2)20(5)17(22)15(3)19-16(4)18(8-6-7-9-18)21-10-12-23-13-11-21/h14-16,19H,6-13H2,1-5H3. The number of nitrogens with one attached hydrogen (secondary N) is 1. The normalized spacial score (nSPS) is 24.6. The van der Waals surface area contributed by atoms with E-state index >= 15 is 0 Å². The minimum Gasteiger partial charge on any atom is -0.379 e. The Morgan fingerprint density at radius 1 is 1.13 bits per heavy atom. The summed E-state index contributed by atoms with van der Waals surface area (Å²) < 4.78 is 5.54. The van der Waals surface area contributed by atoms with E-state index in [1.54, 1.807) is 0 Å². The fraction of sp³-hybridized carbons (Fsp3) is 0.944. The first-order valence-corrected chi connectivity index (χ1v) is 9.24. The molecule has 1 aliphatic carbocycles. The van der Waals surface area contributed by atoms with Crippen LogP contribution >= 0.6 is 0 Å². The Balaban J connectivity index is 2.03. The summed E-state index contributed by atoms with van der Waals surface area (Å²) in [6.07, 6.45) is 5.03. The first kappa shape index (κ1) is 18.7. The zero-order valence-electron chi connectivity index (χ0n) is 15.6. The van der Waals surface area contributed by atoms with Crippen LogP contribution in [0.25, 0.3) is 0 Å². The molecule has 23 heavy (non-hydrogen) atoms. The van der Waals surface area contributed by atoms with Crippen molar-refractivity contribution in [3.05, 3.63) is 0 Å². The maximum atomic E-state index is 12.5. The summed E-state index contributed by atoms with van der Waals surface area (Å²) in [4.78, 5) is 17.0. The number of ether oxygens (including phenoxy) is 1. The van der Waals surface area contributed by atoms with Gasteiger partial charge in [0.1, 0.15) is 0 Å². The topological polar surface area (TPSA) is 44.8 Å². The number of morpholine rings is 1. The molecule has 2 fully saturated rings. The minimum atomic E-state index is -0.143. The van der Waals surface area contributed by atoms with Gasteiger partial charge in [0.2, 0.25) is 5.91 Å². The zero-order chi connectivity index (χ0) is 17.0. The molecule has 1 amide bonds. The van der Waals surface area contributed by atoms with Crippen LogP contribution in [0.4, 0.5) is 0 Å². The van der Waals surface area contributed by atoms with Crippen molar-refractivity contribution >= 4 is 5.91 Å². The van der Waals surface area contributed by atoms with Crippen molar-refractivity contribution in [1.82, 2.24) is 15.1 Å². The molecule has 0 bridgehead atoms. The Hall–Kier alpha value is -0.650. The summed E-state index contributed by atoms with van der Waals surface area (Å²) in [5.41, 5.74) is 0.189. The highest BCUT2D eigenvalue weighted by Crippen LogP contribution is 2.38. The molecule has 0 aromatic heterocycles. The van der Waals surface area contributed by atoms with Gasteiger partial charge in [-0.3, -0.25) is 9.69 Å². The molecule has 2 aliphatic rings. The van der Waals surface area contributed by atoms with Crippen LogP contribution in [-0.4, -0.2) is 72.7 Å². The molecule has 2 unspecified atom stereocenters. The Labute approximate surface area is 141 Å². The van der Waals surface area contributed by atoms with E-state index in [0.717, 1.165) is 26.3 Å². The second kappa shape index (κ2) is 7.95. The molecule has 0 radical (unpaired) electrons. The van der Waals surface area contributed by atoms with Gasteiger partial charge in [-0.2, -0.15) is 0 Å². The summed E-state index contributed by atoms with van der Waals surface area (Å²) in [5.74, 6) is 0.182. The van der Waals surface area contributed by atoms with Crippen LogP contribution in [0.1, 0.15) is 53.4 Å². The van der Waals surface area contributed by atoms with Crippen LogP contribution < -0.4 is 5.32 Å². The number of nitrogens with zero attached hydrogens (tertiary/aromatic N) is 2. The number of hydrogen-bond acceptors (Lipinski definition) is 4. The van der Waals surface area contributed by atoms with E-state index in [1.165, 1.54) is 25.7 Å². The van der Waals surface area contributed by atoms with Crippen molar-refractivity contribution in [3.63, 3.8) is 0 Å². The van der Waals surface area contributed by atoms with Gasteiger partial charge in [0.25, 0.3) is 0 Å². The predicted octanol–water partition coefficient (Wildman–Crippen LogP) is 1.86. The Bertz CT molecular complexity index is 388. The third-order valence-electron chi connectivity index (χ3n) is 5.91. The number of amides is 1. The van der Waals surface area contributed by atoms with Crippen molar-refractivity contribution in [2.24, 2.45) is 0 Å². The highest BCUT2D eigenvalue weighted by molar-refractivity contribution is 5.81. The lowest BCUT2D eigenvalue weighted by Gasteiger charge is -2.48. The highest BCUT2D eigenvalue weighted by Gasteiger charge is 2.45. The van der Waals surface area contributed by atoms with Gasteiger partial charge in [-0.05, 0) is 40.5 Å². The molecular formula is C18H35N3O2. The minimum absolute atomic E-state index is 0.143. The van der Waals surface area contributed by atoms with Gasteiger partial charge >= 0.3 is 0 Å². The molecule has 0 aromatic rings. The molecule has 2 rings (SSSR count). The van der Waals surface area contributed by atoms with E-state index in [1.807, 2.05) is 18.9 Å². The lowest BCUT2D eigenvalue weighted by molar-refractivity contribution is -0.133. The number of likely N-dealkylation sites (N-methyl/N-ethyl adjacent to an activating group) is 1. The molecule has 134 valence electrons. The first-order chi connectivity index (χ1) is 10.9. The van der Waals surface area contributed by atoms with Crippen LogP contribution in [-0.2, 0) is 9.53 Å². The monoisotopic (exact) mass is 325 g/mol. The van der Waals surface area contributed by atoms with Crippen LogP contribution in [0.15, 0.2) is 0 Å². The fourth-order valence-corrected chi connectivity index (χ4v) is 4.18. The largest absolute Gasteiger partial charge is 0.379 e. The lowest BCUT2D eigenvalue weighted by Crippen LogP contribution is -2.63. The summed E-state index contributed by atoms with van der Waals surface area (Å²) in [6, 6.07) is 0.403. The molecule has 5 nitrogen and oxygen atoms in total. The molecule has 0 aromatic carbocycles. The third-order valence-corrected chi connectivity index (χ3v) is 5.91. The van der Waals surface area contributed by atoms with Crippen LogP contribution in [0.3, 0.4) is 0 Å². The molecule has 5 heteroatoms. The molecule has 1 saturated carbocycles. The molecule has 1 heterocycles. The van der Waals surface area contributed by atoms with E-state index in [0.29, 0.717) is 6.04 Å². The fourth-order valence-electron chi connectivity index (χ4n) is 4.18. The Kier molecular flexibility index (Phi) is 6.46.